The molecule has 0 radical (unpaired) electrons. The predicted molar refractivity (Wildman–Crippen MR) is 103 cm³/mol. The average Bonchev–Trinajstić information content (AvgIpc) is 2.73. The number of urea groups is 1. The summed E-state index contributed by atoms with van der Waals surface area (Å²) >= 11 is 0. The Balaban J connectivity index is 1.52. The van der Waals surface area contributed by atoms with Crippen LogP contribution in [-0.2, 0) is 4.79 Å². The van der Waals surface area contributed by atoms with E-state index in [4.69, 9.17) is 0 Å². The first-order valence-electron chi connectivity index (χ1n) is 10.4. The number of hydrogen-bond donors (Lipinski definition) is 1. The molecule has 3 fully saturated rings. The summed E-state index contributed by atoms with van der Waals surface area (Å²) in [5, 5.41) is 2.88. The Morgan fingerprint density at radius 1 is 1.19 bits per heavy atom. The minimum atomic E-state index is -0.198. The number of nitrogens with zero attached hydrogens (tertiary/aromatic N) is 3. The smallest absolute Gasteiger partial charge is 0.317 e. The molecule has 2 aliphatic heterocycles. The number of pyridine rings is 1. The second-order valence-electron chi connectivity index (χ2n) is 8.17. The monoisotopic (exact) mass is 370 g/mol. The first-order chi connectivity index (χ1) is 13.2. The number of amides is 3. The normalized spacial score (nSPS) is 25.4. The standard InChI is InChI=1S/C21H30N4O2/c1-2-23-20(27)24-14-8-17(9-15-24)25-18(16-6-12-22-13-7-16)21(19(25)26)10-4-3-5-11-21/h6-7,12-13,17-18H,2-5,8-11,14-15H2,1H3,(H,23,27). The highest BCUT2D eigenvalue weighted by Gasteiger charge is 2.62. The fourth-order valence-corrected chi connectivity index (χ4v) is 5.37. The number of likely N-dealkylation sites (tertiary alicyclic amines) is 2. The molecule has 0 bridgehead atoms. The van der Waals surface area contributed by atoms with Crippen molar-refractivity contribution in [2.24, 2.45) is 5.41 Å². The highest BCUT2D eigenvalue weighted by molar-refractivity contribution is 5.91. The first-order valence-corrected chi connectivity index (χ1v) is 10.4. The first kappa shape index (κ1) is 18.3. The highest BCUT2D eigenvalue weighted by atomic mass is 16.2. The molecule has 6 nitrogen and oxygen atoms in total. The molecule has 4 rings (SSSR count). The Kier molecular flexibility index (Phi) is 5.06. The Morgan fingerprint density at radius 2 is 1.85 bits per heavy atom. The van der Waals surface area contributed by atoms with Crippen LogP contribution in [0, 0.1) is 5.41 Å². The van der Waals surface area contributed by atoms with Gasteiger partial charge in [-0.05, 0) is 50.3 Å². The van der Waals surface area contributed by atoms with Gasteiger partial charge < -0.3 is 15.1 Å². The van der Waals surface area contributed by atoms with Crippen molar-refractivity contribution in [3.63, 3.8) is 0 Å². The molecule has 3 amide bonds. The third kappa shape index (κ3) is 3.09. The molecule has 27 heavy (non-hydrogen) atoms. The Hall–Kier alpha value is -2.11. The second-order valence-corrected chi connectivity index (χ2v) is 8.17. The average molecular weight is 370 g/mol. The largest absolute Gasteiger partial charge is 0.338 e. The number of carbonyl (C=O) groups excluding carboxylic acids is 2. The van der Waals surface area contributed by atoms with Crippen LogP contribution in [0.5, 0.6) is 0 Å². The van der Waals surface area contributed by atoms with Gasteiger partial charge >= 0.3 is 6.03 Å². The van der Waals surface area contributed by atoms with Crippen LogP contribution in [0.4, 0.5) is 4.79 Å². The lowest BCUT2D eigenvalue weighted by molar-refractivity contribution is -0.186. The molecule has 6 heteroatoms. The number of rotatable bonds is 3. The van der Waals surface area contributed by atoms with Gasteiger partial charge in [-0.3, -0.25) is 9.78 Å². The molecular weight excluding hydrogens is 340 g/mol. The molecule has 3 aliphatic rings. The van der Waals surface area contributed by atoms with Gasteiger partial charge in [0.25, 0.3) is 0 Å². The molecular formula is C21H30N4O2. The molecule has 1 aromatic heterocycles. The molecule has 1 saturated carbocycles. The van der Waals surface area contributed by atoms with Crippen molar-refractivity contribution in [2.75, 3.05) is 19.6 Å². The van der Waals surface area contributed by atoms with Crippen molar-refractivity contribution in [1.29, 1.82) is 0 Å². The van der Waals surface area contributed by atoms with Crippen molar-refractivity contribution in [3.8, 4) is 0 Å². The van der Waals surface area contributed by atoms with Crippen molar-refractivity contribution in [1.82, 2.24) is 20.1 Å². The Morgan fingerprint density at radius 3 is 2.48 bits per heavy atom. The van der Waals surface area contributed by atoms with Crippen LogP contribution in [0.3, 0.4) is 0 Å². The zero-order valence-electron chi connectivity index (χ0n) is 16.2. The molecule has 1 atom stereocenters. The summed E-state index contributed by atoms with van der Waals surface area (Å²) in [6.07, 6.45) is 11.0. The fraction of sp³-hybridized carbons (Fsp3) is 0.667. The lowest BCUT2D eigenvalue weighted by atomic mass is 9.59. The van der Waals surface area contributed by atoms with E-state index in [1.165, 1.54) is 12.0 Å². The zero-order valence-corrected chi connectivity index (χ0v) is 16.2. The number of carbonyl (C=O) groups is 2. The van der Waals surface area contributed by atoms with E-state index in [0.29, 0.717) is 12.5 Å². The van der Waals surface area contributed by atoms with E-state index in [1.54, 1.807) is 0 Å². The number of β-lactam (4-membered cyclic amide) rings is 1. The summed E-state index contributed by atoms with van der Waals surface area (Å²) in [7, 11) is 0. The number of piperidine rings is 1. The highest BCUT2D eigenvalue weighted by Crippen LogP contribution is 2.59. The van der Waals surface area contributed by atoms with Gasteiger partial charge in [-0.15, -0.1) is 0 Å². The molecule has 2 saturated heterocycles. The Bertz CT molecular complexity index is 679. The van der Waals surface area contributed by atoms with E-state index in [9.17, 15) is 9.59 Å². The molecule has 1 N–H and O–H groups in total. The lowest BCUT2D eigenvalue weighted by Crippen LogP contribution is -2.68. The van der Waals surface area contributed by atoms with Crippen LogP contribution in [0.15, 0.2) is 24.5 Å². The van der Waals surface area contributed by atoms with Gasteiger partial charge in [-0.2, -0.15) is 0 Å². The van der Waals surface area contributed by atoms with Gasteiger partial charge in [0.15, 0.2) is 0 Å². The van der Waals surface area contributed by atoms with Gasteiger partial charge in [-0.25, -0.2) is 4.79 Å². The molecule has 146 valence electrons. The van der Waals surface area contributed by atoms with Crippen LogP contribution in [0.2, 0.25) is 0 Å². The van der Waals surface area contributed by atoms with Gasteiger partial charge in [-0.1, -0.05) is 19.3 Å². The number of hydrogen-bond acceptors (Lipinski definition) is 3. The molecule has 1 aromatic rings. The van der Waals surface area contributed by atoms with Crippen LogP contribution in [-0.4, -0.2) is 52.4 Å². The van der Waals surface area contributed by atoms with Gasteiger partial charge in [0.05, 0.1) is 11.5 Å². The van der Waals surface area contributed by atoms with E-state index in [1.807, 2.05) is 24.2 Å². The summed E-state index contributed by atoms with van der Waals surface area (Å²) in [4.78, 5) is 33.6. The maximum atomic E-state index is 13.4. The van der Waals surface area contributed by atoms with Crippen molar-refractivity contribution >= 4 is 11.9 Å². The number of aromatic nitrogens is 1. The molecule has 3 heterocycles. The Labute approximate surface area is 161 Å². The molecule has 0 aromatic carbocycles. The van der Waals surface area contributed by atoms with Crippen LogP contribution in [0.25, 0.3) is 0 Å². The van der Waals surface area contributed by atoms with Crippen LogP contribution < -0.4 is 5.32 Å². The van der Waals surface area contributed by atoms with Crippen molar-refractivity contribution in [2.45, 2.75) is 64.0 Å². The van der Waals surface area contributed by atoms with Crippen molar-refractivity contribution < 1.29 is 9.59 Å². The van der Waals surface area contributed by atoms with E-state index in [-0.39, 0.29) is 23.5 Å². The van der Waals surface area contributed by atoms with Gasteiger partial charge in [0.2, 0.25) is 5.91 Å². The third-order valence-electron chi connectivity index (χ3n) is 6.70. The van der Waals surface area contributed by atoms with E-state index < -0.39 is 0 Å². The second kappa shape index (κ2) is 7.49. The fourth-order valence-electron chi connectivity index (χ4n) is 5.37. The minimum absolute atomic E-state index is 0.0142. The predicted octanol–water partition coefficient (Wildman–Crippen LogP) is 3.11. The lowest BCUT2D eigenvalue weighted by Gasteiger charge is -2.61. The van der Waals surface area contributed by atoms with Crippen molar-refractivity contribution in [3.05, 3.63) is 30.1 Å². The zero-order chi connectivity index (χ0) is 18.9. The van der Waals surface area contributed by atoms with E-state index >= 15 is 0 Å². The molecule has 1 spiro atoms. The van der Waals surface area contributed by atoms with E-state index in [0.717, 1.165) is 51.6 Å². The molecule has 1 aliphatic carbocycles. The van der Waals surface area contributed by atoms with Gasteiger partial charge in [0, 0.05) is 38.1 Å². The van der Waals surface area contributed by atoms with E-state index in [2.05, 4.69) is 27.3 Å². The SMILES string of the molecule is CCNC(=O)N1CCC(N2C(=O)C3(CCCCC3)C2c2ccncc2)CC1. The van der Waals surface area contributed by atoms with Crippen LogP contribution >= 0.6 is 0 Å². The summed E-state index contributed by atoms with van der Waals surface area (Å²) in [5.74, 6) is 0.348. The topological polar surface area (TPSA) is 65.5 Å². The van der Waals surface area contributed by atoms with Gasteiger partial charge in [0.1, 0.15) is 0 Å². The number of nitrogens with one attached hydrogen (secondary N) is 1. The quantitative estimate of drug-likeness (QED) is 0.832. The maximum absolute atomic E-state index is 13.4. The third-order valence-corrected chi connectivity index (χ3v) is 6.70. The summed E-state index contributed by atoms with van der Waals surface area (Å²) in [6.45, 7) is 4.02. The summed E-state index contributed by atoms with van der Waals surface area (Å²) in [5.41, 5.74) is 1.02. The summed E-state index contributed by atoms with van der Waals surface area (Å²) < 4.78 is 0. The summed E-state index contributed by atoms with van der Waals surface area (Å²) in [6, 6.07) is 4.57. The minimum Gasteiger partial charge on any atom is -0.338 e. The maximum Gasteiger partial charge on any atom is 0.317 e. The molecule has 1 unspecified atom stereocenters. The van der Waals surface area contributed by atoms with Crippen LogP contribution in [0.1, 0.15) is 63.5 Å².